The lowest BCUT2D eigenvalue weighted by Crippen LogP contribution is -2.40. The molecular weight excluding hydrogens is 346 g/mol. The van der Waals surface area contributed by atoms with Crippen LogP contribution in [0.4, 0.5) is 5.69 Å². The van der Waals surface area contributed by atoms with Gasteiger partial charge in [-0.05, 0) is 42.2 Å². The van der Waals surface area contributed by atoms with Gasteiger partial charge in [-0.15, -0.1) is 0 Å². The molecule has 0 aliphatic carbocycles. The molecule has 1 atom stereocenters. The molecule has 1 unspecified atom stereocenters. The quantitative estimate of drug-likeness (QED) is 0.710. The molecule has 2 heterocycles. The summed E-state index contributed by atoms with van der Waals surface area (Å²) in [7, 11) is -3.63. The molecular formula is C20H21N3O2S. The average molecular weight is 367 g/mol. The Morgan fingerprint density at radius 2 is 2.00 bits per heavy atom. The third-order valence-corrected chi connectivity index (χ3v) is 6.71. The minimum Gasteiger partial charge on any atom is -0.332 e. The van der Waals surface area contributed by atoms with Crippen molar-refractivity contribution < 1.29 is 8.42 Å². The molecule has 0 saturated heterocycles. The van der Waals surface area contributed by atoms with Crippen LogP contribution in [0.2, 0.25) is 0 Å². The van der Waals surface area contributed by atoms with Crippen LogP contribution < -0.4 is 4.31 Å². The number of fused-ring (bicyclic) bond motifs is 1. The molecule has 1 aliphatic rings. The van der Waals surface area contributed by atoms with Gasteiger partial charge in [0, 0.05) is 12.4 Å². The molecule has 4 rings (SSSR count). The third kappa shape index (κ3) is 2.90. The molecule has 6 heteroatoms. The van der Waals surface area contributed by atoms with Crippen molar-refractivity contribution in [2.75, 3.05) is 10.8 Å². The molecule has 26 heavy (non-hydrogen) atoms. The van der Waals surface area contributed by atoms with E-state index in [1.807, 2.05) is 54.1 Å². The molecule has 0 amide bonds. The zero-order chi connectivity index (χ0) is 18.1. The standard InChI is InChI=1S/C20H21N3O2S/c1-2-16-6-5-8-19(12-16)26(24,25)23-14-18(22-11-10-21-15-22)13-17-7-3-4-9-20(17)23/h3-12,15,18H,2,13-14H2,1H3. The summed E-state index contributed by atoms with van der Waals surface area (Å²) in [6.07, 6.45) is 6.96. The Hall–Kier alpha value is -2.60. The number of aryl methyl sites for hydroxylation is 1. The van der Waals surface area contributed by atoms with Crippen molar-refractivity contribution in [1.82, 2.24) is 9.55 Å². The lowest BCUT2D eigenvalue weighted by atomic mass is 10.00. The maximum absolute atomic E-state index is 13.4. The molecule has 0 radical (unpaired) electrons. The van der Waals surface area contributed by atoms with E-state index in [1.165, 1.54) is 0 Å². The summed E-state index contributed by atoms with van der Waals surface area (Å²) in [6, 6.07) is 15.0. The third-order valence-electron chi connectivity index (χ3n) is 4.93. The van der Waals surface area contributed by atoms with Crippen molar-refractivity contribution in [3.8, 4) is 0 Å². The van der Waals surface area contributed by atoms with Crippen LogP contribution in [0.5, 0.6) is 0 Å². The second-order valence-corrected chi connectivity index (χ2v) is 8.40. The van der Waals surface area contributed by atoms with Gasteiger partial charge in [-0.2, -0.15) is 0 Å². The second kappa shape index (κ2) is 6.61. The Balaban J connectivity index is 1.80. The van der Waals surface area contributed by atoms with Gasteiger partial charge in [-0.1, -0.05) is 37.3 Å². The van der Waals surface area contributed by atoms with Gasteiger partial charge < -0.3 is 4.57 Å². The van der Waals surface area contributed by atoms with Gasteiger partial charge in [0.1, 0.15) is 0 Å². The van der Waals surface area contributed by atoms with Gasteiger partial charge in [-0.3, -0.25) is 4.31 Å². The first-order valence-electron chi connectivity index (χ1n) is 8.76. The van der Waals surface area contributed by atoms with E-state index in [0.29, 0.717) is 11.4 Å². The molecule has 0 spiro atoms. The number of hydrogen-bond donors (Lipinski definition) is 0. The maximum atomic E-state index is 13.4. The molecule has 0 N–H and O–H groups in total. The predicted octanol–water partition coefficient (Wildman–Crippen LogP) is 3.44. The molecule has 5 nitrogen and oxygen atoms in total. The Kier molecular flexibility index (Phi) is 4.28. The van der Waals surface area contributed by atoms with Crippen LogP contribution in [-0.2, 0) is 22.9 Å². The maximum Gasteiger partial charge on any atom is 0.264 e. The highest BCUT2D eigenvalue weighted by molar-refractivity contribution is 7.92. The summed E-state index contributed by atoms with van der Waals surface area (Å²) >= 11 is 0. The van der Waals surface area contributed by atoms with Gasteiger partial charge in [0.2, 0.25) is 0 Å². The van der Waals surface area contributed by atoms with Gasteiger partial charge in [0.25, 0.3) is 10.0 Å². The highest BCUT2D eigenvalue weighted by Crippen LogP contribution is 2.35. The van der Waals surface area contributed by atoms with E-state index >= 15 is 0 Å². The first kappa shape index (κ1) is 16.8. The SMILES string of the molecule is CCc1cccc(S(=O)(=O)N2CC(n3ccnc3)Cc3ccccc32)c1. The van der Waals surface area contributed by atoms with Crippen LogP contribution >= 0.6 is 0 Å². The van der Waals surface area contributed by atoms with Crippen molar-refractivity contribution in [1.29, 1.82) is 0 Å². The Labute approximate surface area is 154 Å². The summed E-state index contributed by atoms with van der Waals surface area (Å²) in [4.78, 5) is 4.46. The fourth-order valence-corrected chi connectivity index (χ4v) is 5.11. The van der Waals surface area contributed by atoms with Crippen LogP contribution in [0.1, 0.15) is 24.1 Å². The predicted molar refractivity (Wildman–Crippen MR) is 102 cm³/mol. The minimum absolute atomic E-state index is 0.0246. The highest BCUT2D eigenvalue weighted by atomic mass is 32.2. The molecule has 3 aromatic rings. The summed E-state index contributed by atoms with van der Waals surface area (Å²) in [6.45, 7) is 2.42. The molecule has 0 saturated carbocycles. The average Bonchev–Trinajstić information content (AvgIpc) is 3.22. The van der Waals surface area contributed by atoms with Crippen molar-refractivity contribution in [3.63, 3.8) is 0 Å². The Morgan fingerprint density at radius 1 is 1.15 bits per heavy atom. The van der Waals surface area contributed by atoms with Crippen molar-refractivity contribution >= 4 is 15.7 Å². The molecule has 1 aliphatic heterocycles. The molecule has 1 aromatic heterocycles. The zero-order valence-electron chi connectivity index (χ0n) is 14.6. The van der Waals surface area contributed by atoms with E-state index in [-0.39, 0.29) is 6.04 Å². The lowest BCUT2D eigenvalue weighted by molar-refractivity contribution is 0.487. The van der Waals surface area contributed by atoms with Crippen molar-refractivity contribution in [2.24, 2.45) is 0 Å². The number of nitrogens with zero attached hydrogens (tertiary/aromatic N) is 3. The minimum atomic E-state index is -3.63. The summed E-state index contributed by atoms with van der Waals surface area (Å²) in [5, 5.41) is 0. The van der Waals surface area contributed by atoms with Gasteiger partial charge >= 0.3 is 0 Å². The molecule has 0 bridgehead atoms. The zero-order valence-corrected chi connectivity index (χ0v) is 15.4. The van der Waals surface area contributed by atoms with Crippen LogP contribution in [-0.4, -0.2) is 24.5 Å². The molecule has 2 aromatic carbocycles. The molecule has 134 valence electrons. The number of benzene rings is 2. The number of para-hydroxylation sites is 1. The highest BCUT2D eigenvalue weighted by Gasteiger charge is 2.33. The monoisotopic (exact) mass is 367 g/mol. The van der Waals surface area contributed by atoms with E-state index in [4.69, 9.17) is 0 Å². The summed E-state index contributed by atoms with van der Waals surface area (Å²) in [5.74, 6) is 0. The Morgan fingerprint density at radius 3 is 2.77 bits per heavy atom. The van der Waals surface area contributed by atoms with E-state index in [0.717, 1.165) is 29.7 Å². The fourth-order valence-electron chi connectivity index (χ4n) is 3.50. The Bertz CT molecular complexity index is 1010. The second-order valence-electron chi connectivity index (χ2n) is 6.53. The number of sulfonamides is 1. The van der Waals surface area contributed by atoms with Gasteiger partial charge in [-0.25, -0.2) is 13.4 Å². The smallest absolute Gasteiger partial charge is 0.264 e. The topological polar surface area (TPSA) is 55.2 Å². The van der Waals surface area contributed by atoms with E-state index in [1.54, 1.807) is 29.0 Å². The van der Waals surface area contributed by atoms with Crippen LogP contribution in [0, 0.1) is 0 Å². The van der Waals surface area contributed by atoms with Gasteiger partial charge in [0.15, 0.2) is 0 Å². The van der Waals surface area contributed by atoms with E-state index in [9.17, 15) is 8.42 Å². The number of anilines is 1. The normalized spacial score (nSPS) is 17.1. The van der Waals surface area contributed by atoms with Gasteiger partial charge in [0.05, 0.1) is 29.5 Å². The summed E-state index contributed by atoms with van der Waals surface area (Å²) in [5.41, 5.74) is 2.82. The largest absolute Gasteiger partial charge is 0.332 e. The first-order chi connectivity index (χ1) is 12.6. The molecule has 0 fully saturated rings. The van der Waals surface area contributed by atoms with Crippen molar-refractivity contribution in [2.45, 2.75) is 30.7 Å². The van der Waals surface area contributed by atoms with E-state index in [2.05, 4.69) is 4.98 Å². The number of hydrogen-bond acceptors (Lipinski definition) is 3. The number of imidazole rings is 1. The summed E-state index contributed by atoms with van der Waals surface area (Å²) < 4.78 is 30.4. The first-order valence-corrected chi connectivity index (χ1v) is 10.2. The van der Waals surface area contributed by atoms with Crippen LogP contribution in [0.15, 0.2) is 72.1 Å². The van der Waals surface area contributed by atoms with Crippen LogP contribution in [0.3, 0.4) is 0 Å². The van der Waals surface area contributed by atoms with Crippen LogP contribution in [0.25, 0.3) is 0 Å². The van der Waals surface area contributed by atoms with Crippen molar-refractivity contribution in [3.05, 3.63) is 78.4 Å². The fraction of sp³-hybridized carbons (Fsp3) is 0.250. The lowest BCUT2D eigenvalue weighted by Gasteiger charge is -2.35. The number of rotatable bonds is 4. The number of aromatic nitrogens is 2. The van der Waals surface area contributed by atoms with E-state index < -0.39 is 10.0 Å².